The van der Waals surface area contributed by atoms with Crippen molar-refractivity contribution in [1.29, 1.82) is 0 Å². The van der Waals surface area contributed by atoms with Gasteiger partial charge >= 0.3 is 0 Å². The minimum atomic E-state index is 1.00. The molecule has 0 saturated heterocycles. The summed E-state index contributed by atoms with van der Waals surface area (Å²) >= 11 is 3.45. The first-order valence-corrected chi connectivity index (χ1v) is 5.01. The highest BCUT2D eigenvalue weighted by Gasteiger charge is 2.03. The van der Waals surface area contributed by atoms with E-state index in [2.05, 4.69) is 16.6 Å². The van der Waals surface area contributed by atoms with Gasteiger partial charge in [-0.25, -0.2) is 4.98 Å². The van der Waals surface area contributed by atoms with Crippen LogP contribution in [0, 0.1) is 6.92 Å². The number of thioether (sulfide) groups is 1. The van der Waals surface area contributed by atoms with Crippen LogP contribution in [0.4, 0.5) is 5.13 Å². The molecule has 56 valence electrons. The van der Waals surface area contributed by atoms with Crippen molar-refractivity contribution in [2.45, 2.75) is 11.1 Å². The fraction of sp³-hybridized carbons (Fsp3) is 0.500. The summed E-state index contributed by atoms with van der Waals surface area (Å²) in [4.78, 5) is 4.29. The number of rotatable bonds is 2. The summed E-state index contributed by atoms with van der Waals surface area (Å²) in [5.74, 6) is 0. The van der Waals surface area contributed by atoms with E-state index in [1.165, 1.54) is 4.21 Å². The maximum atomic E-state index is 4.29. The van der Waals surface area contributed by atoms with Gasteiger partial charge in [-0.05, 0) is 13.2 Å². The Kier molecular flexibility index (Phi) is 2.56. The van der Waals surface area contributed by atoms with E-state index >= 15 is 0 Å². The minimum Gasteiger partial charge on any atom is -0.365 e. The van der Waals surface area contributed by atoms with Crippen LogP contribution in [0.3, 0.4) is 0 Å². The highest BCUT2D eigenvalue weighted by atomic mass is 32.2. The lowest BCUT2D eigenvalue weighted by molar-refractivity contribution is 1.20. The third kappa shape index (κ3) is 1.44. The normalized spacial score (nSPS) is 9.90. The van der Waals surface area contributed by atoms with Crippen LogP contribution < -0.4 is 5.32 Å². The first kappa shape index (κ1) is 7.88. The van der Waals surface area contributed by atoms with Crippen molar-refractivity contribution in [1.82, 2.24) is 4.98 Å². The Morgan fingerprint density at radius 1 is 1.60 bits per heavy atom. The largest absolute Gasteiger partial charge is 0.365 e. The summed E-state index contributed by atoms with van der Waals surface area (Å²) in [6, 6.07) is 0. The number of nitrogens with one attached hydrogen (secondary N) is 1. The van der Waals surface area contributed by atoms with E-state index in [4.69, 9.17) is 0 Å². The molecule has 0 fully saturated rings. The number of anilines is 1. The van der Waals surface area contributed by atoms with Gasteiger partial charge in [-0.3, -0.25) is 0 Å². The SMILES string of the molecule is CNc1nc(C)c(SC)s1. The molecule has 1 aromatic rings. The van der Waals surface area contributed by atoms with Crippen LogP contribution in [0.2, 0.25) is 0 Å². The maximum absolute atomic E-state index is 4.29. The molecular formula is C6H10N2S2. The smallest absolute Gasteiger partial charge is 0.183 e. The third-order valence-electron chi connectivity index (χ3n) is 1.15. The molecule has 0 aliphatic rings. The van der Waals surface area contributed by atoms with Crippen molar-refractivity contribution in [3.63, 3.8) is 0 Å². The van der Waals surface area contributed by atoms with Crippen LogP contribution in [0.1, 0.15) is 5.69 Å². The zero-order valence-corrected chi connectivity index (χ0v) is 7.90. The number of aromatic nitrogens is 1. The molecule has 0 aliphatic heterocycles. The molecular weight excluding hydrogens is 164 g/mol. The summed E-state index contributed by atoms with van der Waals surface area (Å²) in [5, 5.41) is 4.02. The molecule has 0 aromatic carbocycles. The molecule has 1 heterocycles. The van der Waals surface area contributed by atoms with Gasteiger partial charge in [-0.1, -0.05) is 11.3 Å². The first-order chi connectivity index (χ1) is 4.77. The van der Waals surface area contributed by atoms with Crippen LogP contribution >= 0.6 is 23.1 Å². The lowest BCUT2D eigenvalue weighted by atomic mass is 10.6. The van der Waals surface area contributed by atoms with E-state index in [-0.39, 0.29) is 0 Å². The van der Waals surface area contributed by atoms with Gasteiger partial charge in [0.2, 0.25) is 0 Å². The number of thiazole rings is 1. The van der Waals surface area contributed by atoms with Gasteiger partial charge < -0.3 is 5.32 Å². The fourth-order valence-corrected chi connectivity index (χ4v) is 2.24. The molecule has 4 heteroatoms. The van der Waals surface area contributed by atoms with Crippen molar-refractivity contribution in [2.75, 3.05) is 18.6 Å². The van der Waals surface area contributed by atoms with Gasteiger partial charge in [0.25, 0.3) is 0 Å². The fourth-order valence-electron chi connectivity index (χ4n) is 0.679. The van der Waals surface area contributed by atoms with Gasteiger partial charge in [0.15, 0.2) is 5.13 Å². The summed E-state index contributed by atoms with van der Waals surface area (Å²) in [6.07, 6.45) is 2.07. The molecule has 0 radical (unpaired) electrons. The monoisotopic (exact) mass is 174 g/mol. The maximum Gasteiger partial charge on any atom is 0.183 e. The average molecular weight is 174 g/mol. The standard InChI is InChI=1S/C6H10N2S2/c1-4-5(9-3)10-6(7-2)8-4/h1-3H3,(H,7,8). The molecule has 2 nitrogen and oxygen atoms in total. The lowest BCUT2D eigenvalue weighted by Crippen LogP contribution is -1.84. The minimum absolute atomic E-state index is 1.00. The van der Waals surface area contributed by atoms with Crippen LogP contribution in [0.5, 0.6) is 0 Å². The molecule has 1 rings (SSSR count). The quantitative estimate of drug-likeness (QED) is 0.696. The van der Waals surface area contributed by atoms with Crippen LogP contribution in [0.15, 0.2) is 4.21 Å². The second-order valence-electron chi connectivity index (χ2n) is 1.85. The molecule has 0 saturated carbocycles. The molecule has 1 N–H and O–H groups in total. The van der Waals surface area contributed by atoms with Crippen molar-refractivity contribution < 1.29 is 0 Å². The topological polar surface area (TPSA) is 24.9 Å². The molecule has 0 amide bonds. The summed E-state index contributed by atoms with van der Waals surface area (Å²) < 4.78 is 1.30. The molecule has 0 spiro atoms. The Morgan fingerprint density at radius 2 is 2.30 bits per heavy atom. The van der Waals surface area contributed by atoms with Gasteiger partial charge in [-0.15, -0.1) is 11.8 Å². The molecule has 10 heavy (non-hydrogen) atoms. The van der Waals surface area contributed by atoms with Gasteiger partial charge in [0, 0.05) is 7.05 Å². The van der Waals surface area contributed by atoms with E-state index in [1.54, 1.807) is 23.1 Å². The second-order valence-corrected chi connectivity index (χ2v) is 3.92. The Labute approximate surface area is 69.1 Å². The predicted molar refractivity (Wildman–Crippen MR) is 48.2 cm³/mol. The Hall–Kier alpha value is -0.220. The third-order valence-corrected chi connectivity index (χ3v) is 3.54. The number of hydrogen-bond donors (Lipinski definition) is 1. The zero-order chi connectivity index (χ0) is 7.56. The number of hydrogen-bond acceptors (Lipinski definition) is 4. The molecule has 0 bridgehead atoms. The summed E-state index contributed by atoms with van der Waals surface area (Å²) in [6.45, 7) is 2.03. The van der Waals surface area contributed by atoms with Crippen molar-refractivity contribution >= 4 is 28.2 Å². The molecule has 1 aromatic heterocycles. The van der Waals surface area contributed by atoms with Crippen LogP contribution in [-0.4, -0.2) is 18.3 Å². The van der Waals surface area contributed by atoms with E-state index < -0.39 is 0 Å². The number of aryl methyl sites for hydroxylation is 1. The zero-order valence-electron chi connectivity index (χ0n) is 6.26. The van der Waals surface area contributed by atoms with E-state index in [0.29, 0.717) is 0 Å². The van der Waals surface area contributed by atoms with Gasteiger partial charge in [0.1, 0.15) is 0 Å². The average Bonchev–Trinajstić information content (AvgIpc) is 2.30. The van der Waals surface area contributed by atoms with Crippen LogP contribution in [-0.2, 0) is 0 Å². The van der Waals surface area contributed by atoms with Gasteiger partial charge in [0.05, 0.1) is 9.90 Å². The molecule has 0 atom stereocenters. The van der Waals surface area contributed by atoms with Crippen molar-refractivity contribution in [3.8, 4) is 0 Å². The van der Waals surface area contributed by atoms with Crippen molar-refractivity contribution in [2.24, 2.45) is 0 Å². The van der Waals surface area contributed by atoms with Crippen LogP contribution in [0.25, 0.3) is 0 Å². The summed E-state index contributed by atoms with van der Waals surface area (Å²) in [5.41, 5.74) is 1.13. The van der Waals surface area contributed by atoms with E-state index in [1.807, 2.05) is 14.0 Å². The summed E-state index contributed by atoms with van der Waals surface area (Å²) in [7, 11) is 1.89. The van der Waals surface area contributed by atoms with E-state index in [9.17, 15) is 0 Å². The first-order valence-electron chi connectivity index (χ1n) is 2.97. The predicted octanol–water partition coefficient (Wildman–Crippen LogP) is 2.22. The van der Waals surface area contributed by atoms with Crippen molar-refractivity contribution in [3.05, 3.63) is 5.69 Å². The van der Waals surface area contributed by atoms with E-state index in [0.717, 1.165) is 10.8 Å². The number of nitrogens with zero attached hydrogens (tertiary/aromatic N) is 1. The highest BCUT2D eigenvalue weighted by Crippen LogP contribution is 2.29. The molecule has 0 unspecified atom stereocenters. The Bertz CT molecular complexity index is 220. The van der Waals surface area contributed by atoms with Gasteiger partial charge in [-0.2, -0.15) is 0 Å². The molecule has 0 aliphatic carbocycles. The Morgan fingerprint density at radius 3 is 2.60 bits per heavy atom. The highest BCUT2D eigenvalue weighted by molar-refractivity contribution is 8.00. The Balaban J connectivity index is 2.92. The second kappa shape index (κ2) is 3.25. The lowest BCUT2D eigenvalue weighted by Gasteiger charge is -1.85.